The van der Waals surface area contributed by atoms with E-state index in [9.17, 15) is 0 Å². The topological polar surface area (TPSA) is 26.0 Å². The first-order chi connectivity index (χ1) is 13.3. The Bertz CT molecular complexity index is 536. The molecule has 162 valence electrons. The zero-order chi connectivity index (χ0) is 20.1. The van der Waals surface area contributed by atoms with Crippen LogP contribution in [0.2, 0.25) is 0 Å². The molecule has 1 heteroatoms. The van der Waals surface area contributed by atoms with Crippen LogP contribution in [0.1, 0.15) is 112 Å². The largest absolute Gasteiger partial charge is 0.328 e. The highest BCUT2D eigenvalue weighted by atomic mass is 14.7. The van der Waals surface area contributed by atoms with Crippen molar-refractivity contribution >= 4 is 0 Å². The second-order valence-electron chi connectivity index (χ2n) is 12.6. The van der Waals surface area contributed by atoms with Crippen LogP contribution in [0.15, 0.2) is 0 Å². The smallest absolute Gasteiger partial charge is 0.00133 e. The average Bonchev–Trinajstić information content (AvgIpc) is 3.52. The Morgan fingerprint density at radius 1 is 1.00 bits per heavy atom. The molecule has 0 amide bonds. The van der Waals surface area contributed by atoms with Gasteiger partial charge in [0.05, 0.1) is 0 Å². The van der Waals surface area contributed by atoms with E-state index in [-0.39, 0.29) is 0 Å². The molecule has 0 aliphatic heterocycles. The molecule has 1 nitrogen and oxygen atoms in total. The third-order valence-electron chi connectivity index (χ3n) is 10.1. The van der Waals surface area contributed by atoms with E-state index in [1.807, 2.05) is 0 Å². The van der Waals surface area contributed by atoms with E-state index >= 15 is 0 Å². The molecule has 0 aromatic rings. The minimum atomic E-state index is 0.390. The summed E-state index contributed by atoms with van der Waals surface area (Å²) in [6, 6.07) is 0.390. The summed E-state index contributed by atoms with van der Waals surface area (Å²) in [6.45, 7) is 12.4. The molecule has 0 bridgehead atoms. The molecule has 2 spiro atoms. The molecular formula is C27H49N. The Kier molecular flexibility index (Phi) is 5.98. The molecule has 4 rings (SSSR count). The van der Waals surface area contributed by atoms with Crippen molar-refractivity contribution in [3.05, 3.63) is 0 Å². The monoisotopic (exact) mass is 387 g/mol. The van der Waals surface area contributed by atoms with E-state index in [2.05, 4.69) is 34.6 Å². The summed E-state index contributed by atoms with van der Waals surface area (Å²) in [4.78, 5) is 0. The van der Waals surface area contributed by atoms with Crippen molar-refractivity contribution in [2.24, 2.45) is 58.0 Å². The second kappa shape index (κ2) is 7.90. The molecule has 4 saturated carbocycles. The molecule has 0 saturated heterocycles. The van der Waals surface area contributed by atoms with Crippen LogP contribution in [-0.4, -0.2) is 6.04 Å². The van der Waals surface area contributed by atoms with E-state index in [1.54, 1.807) is 12.8 Å². The molecule has 4 aliphatic rings. The molecule has 4 aliphatic carbocycles. The summed E-state index contributed by atoms with van der Waals surface area (Å²) < 4.78 is 0. The van der Waals surface area contributed by atoms with Crippen LogP contribution in [0.3, 0.4) is 0 Å². The minimum Gasteiger partial charge on any atom is -0.328 e. The molecule has 4 fully saturated rings. The molecule has 0 aromatic carbocycles. The van der Waals surface area contributed by atoms with Gasteiger partial charge in [0, 0.05) is 6.04 Å². The SMILES string of the molecule is CCCC1CCC2(CC(C)CC2C(C)CC(C)C2CC2)CC12CC2CC(C)N. The Morgan fingerprint density at radius 2 is 1.75 bits per heavy atom. The molecule has 9 unspecified atom stereocenters. The number of rotatable bonds is 8. The maximum Gasteiger partial charge on any atom is 0.00133 e. The first-order valence-electron chi connectivity index (χ1n) is 13.0. The Balaban J connectivity index is 1.51. The lowest BCUT2D eigenvalue weighted by atomic mass is 9.55. The van der Waals surface area contributed by atoms with Gasteiger partial charge in [-0.2, -0.15) is 0 Å². The quantitative estimate of drug-likeness (QED) is 0.460. The molecular weight excluding hydrogens is 338 g/mol. The molecule has 0 radical (unpaired) electrons. The second-order valence-corrected chi connectivity index (χ2v) is 12.6. The molecule has 2 N–H and O–H groups in total. The fourth-order valence-corrected chi connectivity index (χ4v) is 8.85. The van der Waals surface area contributed by atoms with Crippen LogP contribution in [0.25, 0.3) is 0 Å². The van der Waals surface area contributed by atoms with Crippen molar-refractivity contribution in [3.63, 3.8) is 0 Å². The Hall–Kier alpha value is -0.0400. The van der Waals surface area contributed by atoms with Gasteiger partial charge >= 0.3 is 0 Å². The van der Waals surface area contributed by atoms with Crippen LogP contribution in [0, 0.1) is 52.3 Å². The van der Waals surface area contributed by atoms with Crippen LogP contribution in [-0.2, 0) is 0 Å². The van der Waals surface area contributed by atoms with Gasteiger partial charge in [0.2, 0.25) is 0 Å². The van der Waals surface area contributed by atoms with Crippen molar-refractivity contribution in [2.75, 3.05) is 0 Å². The van der Waals surface area contributed by atoms with Gasteiger partial charge in [-0.1, -0.05) is 40.5 Å². The Morgan fingerprint density at radius 3 is 2.39 bits per heavy atom. The van der Waals surface area contributed by atoms with Crippen LogP contribution in [0.4, 0.5) is 0 Å². The van der Waals surface area contributed by atoms with E-state index in [0.29, 0.717) is 16.9 Å². The van der Waals surface area contributed by atoms with Crippen molar-refractivity contribution < 1.29 is 0 Å². The first kappa shape index (κ1) is 21.2. The zero-order valence-corrected chi connectivity index (χ0v) is 19.7. The van der Waals surface area contributed by atoms with E-state index in [4.69, 9.17) is 5.73 Å². The van der Waals surface area contributed by atoms with Crippen molar-refractivity contribution in [3.8, 4) is 0 Å². The maximum atomic E-state index is 6.27. The summed E-state index contributed by atoms with van der Waals surface area (Å²) >= 11 is 0. The van der Waals surface area contributed by atoms with E-state index in [0.717, 1.165) is 41.4 Å². The average molecular weight is 388 g/mol. The van der Waals surface area contributed by atoms with Crippen LogP contribution in [0.5, 0.6) is 0 Å². The third kappa shape index (κ3) is 3.95. The first-order valence-corrected chi connectivity index (χ1v) is 13.0. The number of hydrogen-bond donors (Lipinski definition) is 1. The summed E-state index contributed by atoms with van der Waals surface area (Å²) in [5.41, 5.74) is 7.64. The van der Waals surface area contributed by atoms with Gasteiger partial charge in [-0.3, -0.25) is 0 Å². The molecule has 9 atom stereocenters. The fourth-order valence-electron chi connectivity index (χ4n) is 8.85. The van der Waals surface area contributed by atoms with Gasteiger partial charge in [-0.15, -0.1) is 0 Å². The van der Waals surface area contributed by atoms with E-state index < -0.39 is 0 Å². The summed E-state index contributed by atoms with van der Waals surface area (Å²) in [6.07, 6.45) is 17.9. The van der Waals surface area contributed by atoms with Gasteiger partial charge in [-0.05, 0) is 123 Å². The molecule has 0 aromatic heterocycles. The predicted octanol–water partition coefficient (Wildman–Crippen LogP) is 7.44. The normalized spacial score (nSPS) is 46.1. The number of nitrogens with two attached hydrogens (primary N) is 1. The zero-order valence-electron chi connectivity index (χ0n) is 19.7. The van der Waals surface area contributed by atoms with Crippen molar-refractivity contribution in [2.45, 2.75) is 118 Å². The predicted molar refractivity (Wildman–Crippen MR) is 121 cm³/mol. The van der Waals surface area contributed by atoms with E-state index in [1.165, 1.54) is 64.2 Å². The lowest BCUT2D eigenvalue weighted by Gasteiger charge is -2.49. The minimum absolute atomic E-state index is 0.390. The fraction of sp³-hybridized carbons (Fsp3) is 1.00. The number of hydrogen-bond acceptors (Lipinski definition) is 1. The Labute approximate surface area is 176 Å². The molecule has 0 heterocycles. The van der Waals surface area contributed by atoms with Gasteiger partial charge in [0.1, 0.15) is 0 Å². The highest BCUT2D eigenvalue weighted by molar-refractivity contribution is 5.14. The molecule has 28 heavy (non-hydrogen) atoms. The lowest BCUT2D eigenvalue weighted by molar-refractivity contribution is 0.00101. The third-order valence-corrected chi connectivity index (χ3v) is 10.1. The standard InChI is InChI=1S/C27H49N/c1-6-7-23-10-11-26(17-27(23)16-24(27)14-21(5)28)15-18(2)12-25(26)20(4)13-19(3)22-8-9-22/h18-25H,6-17,28H2,1-5H3. The summed E-state index contributed by atoms with van der Waals surface area (Å²) in [7, 11) is 0. The van der Waals surface area contributed by atoms with Crippen LogP contribution >= 0.6 is 0 Å². The summed E-state index contributed by atoms with van der Waals surface area (Å²) in [5.74, 6) is 6.88. The van der Waals surface area contributed by atoms with Crippen LogP contribution < -0.4 is 5.73 Å². The summed E-state index contributed by atoms with van der Waals surface area (Å²) in [5, 5.41) is 0. The van der Waals surface area contributed by atoms with Gasteiger partial charge in [-0.25, -0.2) is 0 Å². The van der Waals surface area contributed by atoms with Crippen molar-refractivity contribution in [1.29, 1.82) is 0 Å². The van der Waals surface area contributed by atoms with Gasteiger partial charge in [0.25, 0.3) is 0 Å². The highest BCUT2D eigenvalue weighted by Gasteiger charge is 2.65. The van der Waals surface area contributed by atoms with Gasteiger partial charge < -0.3 is 5.73 Å². The maximum absolute atomic E-state index is 6.27. The van der Waals surface area contributed by atoms with Gasteiger partial charge in [0.15, 0.2) is 0 Å². The van der Waals surface area contributed by atoms with Crippen molar-refractivity contribution in [1.82, 2.24) is 0 Å². The lowest BCUT2D eigenvalue weighted by Crippen LogP contribution is -2.41. The highest BCUT2D eigenvalue weighted by Crippen LogP contribution is 2.73.